The number of hydrogen-bond donors (Lipinski definition) is 2. The van der Waals surface area contributed by atoms with Gasteiger partial charge < -0.3 is 10.6 Å². The van der Waals surface area contributed by atoms with Crippen molar-refractivity contribution in [2.75, 3.05) is 19.8 Å². The molecule has 28 heavy (non-hydrogen) atoms. The van der Waals surface area contributed by atoms with E-state index < -0.39 is 21.6 Å². The molecule has 0 unspecified atom stereocenters. The highest BCUT2D eigenvalue weighted by Gasteiger charge is 2.29. The van der Waals surface area contributed by atoms with Gasteiger partial charge in [0.05, 0.1) is 10.5 Å². The largest absolute Gasteiger partial charge is 0.416 e. The fourth-order valence-corrected chi connectivity index (χ4v) is 3.08. The maximum absolute atomic E-state index is 12.6. The summed E-state index contributed by atoms with van der Waals surface area (Å²) < 4.78 is 60.6. The maximum Gasteiger partial charge on any atom is 0.416 e. The van der Waals surface area contributed by atoms with E-state index in [4.69, 9.17) is 0 Å². The first-order valence-corrected chi connectivity index (χ1v) is 10.4. The van der Waals surface area contributed by atoms with Gasteiger partial charge in [-0.1, -0.05) is 24.3 Å². The van der Waals surface area contributed by atoms with E-state index in [0.29, 0.717) is 31.0 Å². The van der Waals surface area contributed by atoms with Gasteiger partial charge in [0.25, 0.3) is 0 Å². The summed E-state index contributed by atoms with van der Waals surface area (Å²) in [7, 11) is -1.61. The summed E-state index contributed by atoms with van der Waals surface area (Å²) in [5, 5.41) is 6.15. The second-order valence-corrected chi connectivity index (χ2v) is 8.23. The molecule has 0 aliphatic rings. The van der Waals surface area contributed by atoms with Crippen molar-refractivity contribution in [1.82, 2.24) is 10.6 Å². The zero-order valence-electron chi connectivity index (χ0n) is 15.5. The second kappa shape index (κ2) is 9.09. The van der Waals surface area contributed by atoms with Crippen LogP contribution in [0.1, 0.15) is 16.7 Å². The minimum atomic E-state index is -4.34. The Balaban J connectivity index is 1.81. The molecule has 0 heterocycles. The minimum Gasteiger partial charge on any atom is -0.356 e. The summed E-state index contributed by atoms with van der Waals surface area (Å²) >= 11 is 0. The number of nitrogens with one attached hydrogen (secondary N) is 2. The second-order valence-electron chi connectivity index (χ2n) is 6.21. The lowest BCUT2D eigenvalue weighted by Gasteiger charge is -2.13. The average Bonchev–Trinajstić information content (AvgIpc) is 2.64. The maximum atomic E-state index is 12.6. The van der Waals surface area contributed by atoms with Crippen LogP contribution >= 0.6 is 0 Å². The molecule has 0 bridgehead atoms. The van der Waals surface area contributed by atoms with Gasteiger partial charge in [0, 0.05) is 26.4 Å². The molecule has 2 N–H and O–H groups in total. The molecule has 0 radical (unpaired) electrons. The van der Waals surface area contributed by atoms with Gasteiger partial charge in [-0.3, -0.25) is 4.99 Å². The van der Waals surface area contributed by atoms with Crippen molar-refractivity contribution in [3.8, 4) is 0 Å². The number of aliphatic imine (C=N–C) groups is 1. The van der Waals surface area contributed by atoms with Gasteiger partial charge in [-0.05, 0) is 41.8 Å². The monoisotopic (exact) mass is 413 g/mol. The van der Waals surface area contributed by atoms with Gasteiger partial charge >= 0.3 is 6.18 Å². The molecule has 2 rings (SSSR count). The number of alkyl halides is 3. The molecule has 152 valence electrons. The van der Waals surface area contributed by atoms with Crippen molar-refractivity contribution in [2.24, 2.45) is 4.99 Å². The van der Waals surface area contributed by atoms with E-state index in [2.05, 4.69) is 15.6 Å². The Bertz CT molecular complexity index is 907. The molecule has 0 saturated carbocycles. The van der Waals surface area contributed by atoms with E-state index in [1.165, 1.54) is 12.1 Å². The summed E-state index contributed by atoms with van der Waals surface area (Å²) in [5.74, 6) is 0.521. The highest BCUT2D eigenvalue weighted by atomic mass is 32.2. The number of benzene rings is 2. The van der Waals surface area contributed by atoms with Crippen molar-refractivity contribution >= 4 is 15.8 Å². The normalized spacial score (nSPS) is 12.7. The Morgan fingerprint density at radius 1 is 0.964 bits per heavy atom. The SMILES string of the molecule is CN=C(NCCc1ccc(S(C)(=O)=O)cc1)NCc1ccc(C(F)(F)F)cc1. The van der Waals surface area contributed by atoms with Crippen molar-refractivity contribution in [1.29, 1.82) is 0 Å². The van der Waals surface area contributed by atoms with Crippen LogP contribution in [0.15, 0.2) is 58.4 Å². The Hall–Kier alpha value is -2.55. The summed E-state index contributed by atoms with van der Waals surface area (Å²) in [6.45, 7) is 0.895. The van der Waals surface area contributed by atoms with E-state index in [1.54, 1.807) is 31.3 Å². The van der Waals surface area contributed by atoms with Crippen molar-refractivity contribution < 1.29 is 21.6 Å². The van der Waals surface area contributed by atoms with Crippen LogP contribution in [0.25, 0.3) is 0 Å². The number of guanidine groups is 1. The average molecular weight is 413 g/mol. The first kappa shape index (κ1) is 21.7. The zero-order chi connectivity index (χ0) is 20.8. The van der Waals surface area contributed by atoms with Gasteiger partial charge in [0.15, 0.2) is 15.8 Å². The highest BCUT2D eigenvalue weighted by Crippen LogP contribution is 2.29. The molecular formula is C19H22F3N3O2S. The van der Waals surface area contributed by atoms with Gasteiger partial charge in [0.2, 0.25) is 0 Å². The Kier molecular flexibility index (Phi) is 7.06. The van der Waals surface area contributed by atoms with Crippen molar-refractivity contribution in [2.45, 2.75) is 24.0 Å². The quantitative estimate of drug-likeness (QED) is 0.564. The van der Waals surface area contributed by atoms with Crippen molar-refractivity contribution in [3.63, 3.8) is 0 Å². The van der Waals surface area contributed by atoms with Gasteiger partial charge in [-0.2, -0.15) is 13.2 Å². The van der Waals surface area contributed by atoms with Crippen LogP contribution in [0.5, 0.6) is 0 Å². The van der Waals surface area contributed by atoms with E-state index >= 15 is 0 Å². The van der Waals surface area contributed by atoms with Gasteiger partial charge in [-0.25, -0.2) is 8.42 Å². The summed E-state index contributed by atoms with van der Waals surface area (Å²) in [5.41, 5.74) is 0.992. The Morgan fingerprint density at radius 3 is 2.04 bits per heavy atom. The lowest BCUT2D eigenvalue weighted by Crippen LogP contribution is -2.37. The molecule has 2 aromatic carbocycles. The molecule has 0 aliphatic heterocycles. The van der Waals surface area contributed by atoms with Crippen LogP contribution in [0, 0.1) is 0 Å². The van der Waals surface area contributed by atoms with Crippen LogP contribution in [0.2, 0.25) is 0 Å². The van der Waals surface area contributed by atoms with E-state index in [9.17, 15) is 21.6 Å². The number of nitrogens with zero attached hydrogens (tertiary/aromatic N) is 1. The first-order valence-electron chi connectivity index (χ1n) is 8.49. The van der Waals surface area contributed by atoms with Crippen LogP contribution in [0.4, 0.5) is 13.2 Å². The Morgan fingerprint density at radius 2 is 1.54 bits per heavy atom. The topological polar surface area (TPSA) is 70.6 Å². The van der Waals surface area contributed by atoms with Gasteiger partial charge in [-0.15, -0.1) is 0 Å². The smallest absolute Gasteiger partial charge is 0.356 e. The van der Waals surface area contributed by atoms with E-state index in [-0.39, 0.29) is 4.90 Å². The molecule has 0 aromatic heterocycles. The predicted molar refractivity (Wildman–Crippen MR) is 103 cm³/mol. The van der Waals surface area contributed by atoms with E-state index in [1.807, 2.05) is 0 Å². The number of rotatable bonds is 6. The Labute approximate surface area is 162 Å². The molecule has 9 heteroatoms. The summed E-state index contributed by atoms with van der Waals surface area (Å²) in [6.07, 6.45) is -2.52. The summed E-state index contributed by atoms with van der Waals surface area (Å²) in [6, 6.07) is 11.6. The molecule has 5 nitrogen and oxygen atoms in total. The van der Waals surface area contributed by atoms with Crippen LogP contribution in [0.3, 0.4) is 0 Å². The summed E-state index contributed by atoms with van der Waals surface area (Å²) in [4.78, 5) is 4.35. The standard InChI is InChI=1S/C19H22F3N3O2S/c1-23-18(25-13-15-3-7-16(8-4-15)19(20,21)22)24-12-11-14-5-9-17(10-6-14)28(2,26)27/h3-10H,11-13H2,1-2H3,(H2,23,24,25). The van der Waals surface area contributed by atoms with Crippen molar-refractivity contribution in [3.05, 3.63) is 65.2 Å². The minimum absolute atomic E-state index is 0.276. The number of hydrogen-bond acceptors (Lipinski definition) is 3. The lowest BCUT2D eigenvalue weighted by molar-refractivity contribution is -0.137. The van der Waals surface area contributed by atoms with Crippen LogP contribution in [-0.2, 0) is 29.0 Å². The molecule has 0 saturated heterocycles. The lowest BCUT2D eigenvalue weighted by atomic mass is 10.1. The molecule has 0 fully saturated rings. The molecule has 0 spiro atoms. The molecule has 0 amide bonds. The van der Waals surface area contributed by atoms with Crippen LogP contribution < -0.4 is 10.6 Å². The highest BCUT2D eigenvalue weighted by molar-refractivity contribution is 7.90. The molecule has 0 aliphatic carbocycles. The molecule has 0 atom stereocenters. The fraction of sp³-hybridized carbons (Fsp3) is 0.316. The van der Waals surface area contributed by atoms with Gasteiger partial charge in [0.1, 0.15) is 0 Å². The predicted octanol–water partition coefficient (Wildman–Crippen LogP) is 3.02. The third kappa shape index (κ3) is 6.56. The molecular weight excluding hydrogens is 391 g/mol. The number of halogens is 3. The zero-order valence-corrected chi connectivity index (χ0v) is 16.4. The number of sulfone groups is 1. The van der Waals surface area contributed by atoms with Crippen LogP contribution in [-0.4, -0.2) is 34.2 Å². The third-order valence-corrected chi connectivity index (χ3v) is 5.15. The van der Waals surface area contributed by atoms with E-state index in [0.717, 1.165) is 24.0 Å². The third-order valence-electron chi connectivity index (χ3n) is 4.02. The first-order chi connectivity index (χ1) is 13.1. The fourth-order valence-electron chi connectivity index (χ4n) is 2.45. The molecule has 2 aromatic rings.